The van der Waals surface area contributed by atoms with Crippen molar-refractivity contribution in [3.05, 3.63) is 0 Å². The molecule has 4 heteroatoms. The van der Waals surface area contributed by atoms with E-state index in [9.17, 15) is 4.79 Å². The minimum atomic E-state index is -0.144. The smallest absolute Gasteiger partial charge is 0.251 e. The van der Waals surface area contributed by atoms with Gasteiger partial charge in [-0.15, -0.1) is 0 Å². The van der Waals surface area contributed by atoms with E-state index >= 15 is 0 Å². The highest BCUT2D eigenvalue weighted by atomic mass is 16.5. The Bertz CT molecular complexity index is 221. The maximum Gasteiger partial charge on any atom is 0.251 e. The van der Waals surface area contributed by atoms with Crippen LogP contribution in [-0.4, -0.2) is 50.2 Å². The molecule has 0 aromatic rings. The van der Waals surface area contributed by atoms with E-state index in [1.54, 1.807) is 0 Å². The molecule has 86 valence electrons. The highest BCUT2D eigenvalue weighted by molar-refractivity contribution is 5.81. The minimum Gasteiger partial charge on any atom is -0.368 e. The van der Waals surface area contributed by atoms with Crippen LogP contribution in [0.2, 0.25) is 0 Å². The molecule has 1 amide bonds. The molecule has 2 aliphatic rings. The van der Waals surface area contributed by atoms with Crippen LogP contribution in [0, 0.1) is 5.92 Å². The zero-order valence-corrected chi connectivity index (χ0v) is 9.37. The zero-order chi connectivity index (χ0) is 10.7. The molecule has 1 atom stereocenters. The van der Waals surface area contributed by atoms with Crippen molar-refractivity contribution >= 4 is 5.91 Å². The van der Waals surface area contributed by atoms with E-state index in [1.165, 1.54) is 0 Å². The number of carbonyl (C=O) groups excluding carboxylic acids is 1. The van der Waals surface area contributed by atoms with Crippen LogP contribution in [0.5, 0.6) is 0 Å². The zero-order valence-electron chi connectivity index (χ0n) is 9.37. The number of ether oxygens (including phenoxy) is 1. The van der Waals surface area contributed by atoms with Crippen molar-refractivity contribution in [2.75, 3.05) is 33.3 Å². The van der Waals surface area contributed by atoms with Gasteiger partial charge in [0.2, 0.25) is 0 Å². The summed E-state index contributed by atoms with van der Waals surface area (Å²) in [5.74, 6) is 0.851. The van der Waals surface area contributed by atoms with Crippen molar-refractivity contribution in [3.8, 4) is 0 Å². The van der Waals surface area contributed by atoms with E-state index in [0.717, 1.165) is 45.5 Å². The number of amides is 1. The number of hydrogen-bond donors (Lipinski definition) is 1. The molecule has 0 aromatic heterocycles. The summed E-state index contributed by atoms with van der Waals surface area (Å²) in [6.45, 7) is 3.57. The molecule has 0 saturated carbocycles. The Morgan fingerprint density at radius 1 is 1.47 bits per heavy atom. The first-order valence-electron chi connectivity index (χ1n) is 5.86. The molecule has 0 aliphatic carbocycles. The third kappa shape index (κ3) is 2.49. The topological polar surface area (TPSA) is 41.6 Å². The van der Waals surface area contributed by atoms with E-state index in [0.29, 0.717) is 5.92 Å². The Labute approximate surface area is 91.0 Å². The average molecular weight is 212 g/mol. The summed E-state index contributed by atoms with van der Waals surface area (Å²) in [6.07, 6.45) is 3.00. The molecule has 0 spiro atoms. The van der Waals surface area contributed by atoms with Gasteiger partial charge in [-0.25, -0.2) is 0 Å². The largest absolute Gasteiger partial charge is 0.368 e. The normalized spacial score (nSPS) is 27.5. The van der Waals surface area contributed by atoms with Gasteiger partial charge in [-0.2, -0.15) is 0 Å². The lowest BCUT2D eigenvalue weighted by Gasteiger charge is -2.41. The molecule has 1 unspecified atom stereocenters. The average Bonchev–Trinajstić information content (AvgIpc) is 2.23. The summed E-state index contributed by atoms with van der Waals surface area (Å²) < 4.78 is 5.48. The predicted octanol–water partition coefficient (Wildman–Crippen LogP) is 0.233. The van der Waals surface area contributed by atoms with Gasteiger partial charge in [0.25, 0.3) is 5.91 Å². The number of nitrogens with one attached hydrogen (secondary N) is 1. The van der Waals surface area contributed by atoms with Gasteiger partial charge < -0.3 is 15.0 Å². The summed E-state index contributed by atoms with van der Waals surface area (Å²) >= 11 is 0. The first kappa shape index (κ1) is 10.9. The molecule has 0 bridgehead atoms. The number of likely N-dealkylation sites (tertiary alicyclic amines) is 1. The molecule has 1 N–H and O–H groups in total. The lowest BCUT2D eigenvalue weighted by molar-refractivity contribution is -0.152. The molecule has 2 fully saturated rings. The quantitative estimate of drug-likeness (QED) is 0.728. The van der Waals surface area contributed by atoms with E-state index in [4.69, 9.17) is 4.74 Å². The number of hydrogen-bond acceptors (Lipinski definition) is 3. The van der Waals surface area contributed by atoms with Gasteiger partial charge in [0, 0.05) is 32.2 Å². The van der Waals surface area contributed by atoms with Crippen LogP contribution < -0.4 is 5.32 Å². The summed E-state index contributed by atoms with van der Waals surface area (Å²) in [5, 5.41) is 3.14. The molecule has 2 heterocycles. The summed E-state index contributed by atoms with van der Waals surface area (Å²) in [7, 11) is 1.95. The van der Waals surface area contributed by atoms with Gasteiger partial charge in [0.1, 0.15) is 6.10 Å². The van der Waals surface area contributed by atoms with E-state index < -0.39 is 0 Å². The van der Waals surface area contributed by atoms with E-state index in [1.807, 2.05) is 11.9 Å². The van der Waals surface area contributed by atoms with Crippen LogP contribution in [0.1, 0.15) is 19.3 Å². The molecule has 4 nitrogen and oxygen atoms in total. The molecule has 0 aromatic carbocycles. The second-order valence-electron chi connectivity index (χ2n) is 4.52. The summed E-state index contributed by atoms with van der Waals surface area (Å²) in [6, 6.07) is 0. The summed E-state index contributed by atoms with van der Waals surface area (Å²) in [4.78, 5) is 13.8. The van der Waals surface area contributed by atoms with Crippen LogP contribution in [0.4, 0.5) is 0 Å². The van der Waals surface area contributed by atoms with Crippen LogP contribution in [0.25, 0.3) is 0 Å². The molecule has 2 aliphatic heterocycles. The van der Waals surface area contributed by atoms with Crippen molar-refractivity contribution in [2.24, 2.45) is 5.92 Å². The Balaban J connectivity index is 1.73. The van der Waals surface area contributed by atoms with E-state index in [2.05, 4.69) is 5.32 Å². The Morgan fingerprint density at radius 3 is 2.87 bits per heavy atom. The monoisotopic (exact) mass is 212 g/mol. The van der Waals surface area contributed by atoms with Gasteiger partial charge in [0.15, 0.2) is 0 Å². The first-order chi connectivity index (χ1) is 7.31. The molecule has 2 rings (SSSR count). The van der Waals surface area contributed by atoms with Crippen molar-refractivity contribution < 1.29 is 9.53 Å². The van der Waals surface area contributed by atoms with Gasteiger partial charge in [0.05, 0.1) is 0 Å². The lowest BCUT2D eigenvalue weighted by atomic mass is 9.98. The van der Waals surface area contributed by atoms with Crippen molar-refractivity contribution in [1.82, 2.24) is 10.2 Å². The van der Waals surface area contributed by atoms with Gasteiger partial charge >= 0.3 is 0 Å². The second-order valence-corrected chi connectivity index (χ2v) is 4.52. The lowest BCUT2D eigenvalue weighted by Crippen LogP contribution is -2.56. The second kappa shape index (κ2) is 4.94. The van der Waals surface area contributed by atoms with Gasteiger partial charge in [-0.1, -0.05) is 0 Å². The third-order valence-corrected chi connectivity index (χ3v) is 3.22. The predicted molar refractivity (Wildman–Crippen MR) is 57.6 cm³/mol. The third-order valence-electron chi connectivity index (χ3n) is 3.22. The number of rotatable bonds is 3. The van der Waals surface area contributed by atoms with Crippen molar-refractivity contribution in [3.63, 3.8) is 0 Å². The standard InChI is InChI=1S/C11H20N2O2/c1-12-6-9-7-13(8-9)11(14)10-4-2-3-5-15-10/h9-10,12H,2-8H2,1H3. The van der Waals surface area contributed by atoms with E-state index in [-0.39, 0.29) is 12.0 Å². The number of carbonyl (C=O) groups is 1. The van der Waals surface area contributed by atoms with Crippen LogP contribution in [-0.2, 0) is 9.53 Å². The summed E-state index contributed by atoms with van der Waals surface area (Å²) in [5.41, 5.74) is 0. The van der Waals surface area contributed by atoms with Crippen LogP contribution in [0.3, 0.4) is 0 Å². The highest BCUT2D eigenvalue weighted by Crippen LogP contribution is 2.20. The Morgan fingerprint density at radius 2 is 2.27 bits per heavy atom. The Hall–Kier alpha value is -0.610. The maximum atomic E-state index is 11.9. The first-order valence-corrected chi connectivity index (χ1v) is 5.86. The van der Waals surface area contributed by atoms with Gasteiger partial charge in [-0.05, 0) is 26.3 Å². The molecular weight excluding hydrogens is 192 g/mol. The molecule has 0 radical (unpaired) electrons. The van der Waals surface area contributed by atoms with Crippen molar-refractivity contribution in [2.45, 2.75) is 25.4 Å². The molecule has 2 saturated heterocycles. The fraction of sp³-hybridized carbons (Fsp3) is 0.909. The maximum absolute atomic E-state index is 11.9. The number of nitrogens with zero attached hydrogens (tertiary/aromatic N) is 1. The molecular formula is C11H20N2O2. The fourth-order valence-electron chi connectivity index (χ4n) is 2.31. The minimum absolute atomic E-state index is 0.144. The van der Waals surface area contributed by atoms with Crippen LogP contribution >= 0.6 is 0 Å². The van der Waals surface area contributed by atoms with Crippen LogP contribution in [0.15, 0.2) is 0 Å². The highest BCUT2D eigenvalue weighted by Gasteiger charge is 2.34. The Kier molecular flexibility index (Phi) is 3.59. The SMILES string of the molecule is CNCC1CN(C(=O)C2CCCCO2)C1. The van der Waals surface area contributed by atoms with Gasteiger partial charge in [-0.3, -0.25) is 4.79 Å². The molecule has 15 heavy (non-hydrogen) atoms. The van der Waals surface area contributed by atoms with Crippen molar-refractivity contribution in [1.29, 1.82) is 0 Å². The fourth-order valence-corrected chi connectivity index (χ4v) is 2.31.